The molecular weight excluding hydrogens is 184 g/mol. The molecule has 1 rings (SSSR count). The minimum absolute atomic E-state index is 0.0399. The predicted octanol–water partition coefficient (Wildman–Crippen LogP) is 3.02. The number of benzene rings is 1. The van der Waals surface area contributed by atoms with E-state index in [4.69, 9.17) is 11.6 Å². The number of aryl methyl sites for hydroxylation is 1. The highest BCUT2D eigenvalue weighted by Gasteiger charge is 2.08. The Kier molecular flexibility index (Phi) is 3.97. The van der Waals surface area contributed by atoms with Crippen LogP contribution in [-0.2, 0) is 11.2 Å². The second-order valence-electron chi connectivity index (χ2n) is 3.23. The Labute approximate surface area is 83.7 Å². The fourth-order valence-electron chi connectivity index (χ4n) is 1.14. The van der Waals surface area contributed by atoms with Crippen molar-refractivity contribution in [3.05, 3.63) is 35.9 Å². The summed E-state index contributed by atoms with van der Waals surface area (Å²) >= 11 is 5.36. The van der Waals surface area contributed by atoms with E-state index >= 15 is 0 Å². The van der Waals surface area contributed by atoms with E-state index in [9.17, 15) is 4.79 Å². The van der Waals surface area contributed by atoms with Crippen LogP contribution in [0.1, 0.15) is 18.9 Å². The fourth-order valence-corrected chi connectivity index (χ4v) is 1.25. The molecule has 1 nitrogen and oxygen atoms in total. The average Bonchev–Trinajstić information content (AvgIpc) is 2.15. The smallest absolute Gasteiger partial charge is 0.224 e. The van der Waals surface area contributed by atoms with Crippen LogP contribution in [0.15, 0.2) is 30.3 Å². The standard InChI is InChI=1S/C11H13ClO/c1-9(11(12)13)7-8-10-5-3-2-4-6-10/h2-6,9H,7-8H2,1H3. The van der Waals surface area contributed by atoms with Gasteiger partial charge >= 0.3 is 0 Å². The molecule has 0 spiro atoms. The molecule has 1 unspecified atom stereocenters. The van der Waals surface area contributed by atoms with Crippen molar-refractivity contribution in [2.45, 2.75) is 19.8 Å². The molecule has 1 aromatic rings. The molecule has 0 bridgehead atoms. The van der Waals surface area contributed by atoms with Gasteiger partial charge in [0.25, 0.3) is 0 Å². The molecule has 0 N–H and O–H groups in total. The summed E-state index contributed by atoms with van der Waals surface area (Å²) in [4.78, 5) is 10.7. The van der Waals surface area contributed by atoms with Crippen LogP contribution < -0.4 is 0 Å². The van der Waals surface area contributed by atoms with E-state index in [0.29, 0.717) is 0 Å². The Hall–Kier alpha value is -0.820. The zero-order valence-electron chi connectivity index (χ0n) is 7.66. The molecular formula is C11H13ClO. The molecule has 0 radical (unpaired) electrons. The third-order valence-electron chi connectivity index (χ3n) is 2.10. The summed E-state index contributed by atoms with van der Waals surface area (Å²) in [7, 11) is 0. The van der Waals surface area contributed by atoms with Crippen LogP contribution >= 0.6 is 11.6 Å². The summed E-state index contributed by atoms with van der Waals surface area (Å²) in [5.74, 6) is -0.0399. The highest BCUT2D eigenvalue weighted by atomic mass is 35.5. The van der Waals surface area contributed by atoms with Gasteiger partial charge < -0.3 is 0 Å². The summed E-state index contributed by atoms with van der Waals surface area (Å²) in [6.45, 7) is 1.86. The lowest BCUT2D eigenvalue weighted by molar-refractivity contribution is -0.114. The van der Waals surface area contributed by atoms with E-state index in [1.165, 1.54) is 5.56 Å². The number of rotatable bonds is 4. The maximum absolute atomic E-state index is 10.7. The van der Waals surface area contributed by atoms with Crippen molar-refractivity contribution in [3.8, 4) is 0 Å². The average molecular weight is 197 g/mol. The Morgan fingerprint density at radius 3 is 2.54 bits per heavy atom. The Balaban J connectivity index is 2.39. The van der Waals surface area contributed by atoms with Gasteiger partial charge in [0.2, 0.25) is 5.24 Å². The first-order valence-corrected chi connectivity index (χ1v) is 4.81. The maximum atomic E-state index is 10.7. The minimum atomic E-state index is -0.240. The predicted molar refractivity (Wildman–Crippen MR) is 54.8 cm³/mol. The van der Waals surface area contributed by atoms with Gasteiger partial charge in [-0.3, -0.25) is 4.79 Å². The molecule has 0 aromatic heterocycles. The maximum Gasteiger partial charge on any atom is 0.224 e. The van der Waals surface area contributed by atoms with Crippen LogP contribution in [0, 0.1) is 5.92 Å². The molecule has 0 aliphatic heterocycles. The summed E-state index contributed by atoms with van der Waals surface area (Å²) in [5, 5.41) is -0.240. The van der Waals surface area contributed by atoms with Crippen LogP contribution in [-0.4, -0.2) is 5.24 Å². The summed E-state index contributed by atoms with van der Waals surface area (Å²) in [6.07, 6.45) is 1.74. The molecule has 1 atom stereocenters. The van der Waals surface area contributed by atoms with Crippen molar-refractivity contribution in [2.75, 3.05) is 0 Å². The SMILES string of the molecule is CC(CCc1ccccc1)C(=O)Cl. The van der Waals surface area contributed by atoms with Crippen molar-refractivity contribution in [1.29, 1.82) is 0 Å². The van der Waals surface area contributed by atoms with Gasteiger partial charge in [-0.2, -0.15) is 0 Å². The number of carbonyl (C=O) groups is 1. The van der Waals surface area contributed by atoms with Crippen LogP contribution in [0.5, 0.6) is 0 Å². The van der Waals surface area contributed by atoms with Gasteiger partial charge in [0.15, 0.2) is 0 Å². The first kappa shape index (κ1) is 10.3. The monoisotopic (exact) mass is 196 g/mol. The molecule has 0 fully saturated rings. The third-order valence-corrected chi connectivity index (χ3v) is 2.47. The highest BCUT2D eigenvalue weighted by molar-refractivity contribution is 6.63. The van der Waals surface area contributed by atoms with E-state index in [0.717, 1.165) is 12.8 Å². The fraction of sp³-hybridized carbons (Fsp3) is 0.364. The largest absolute Gasteiger partial charge is 0.281 e. The normalized spacial score (nSPS) is 12.5. The summed E-state index contributed by atoms with van der Waals surface area (Å²) < 4.78 is 0. The molecule has 2 heteroatoms. The molecule has 0 saturated heterocycles. The molecule has 0 heterocycles. The van der Waals surface area contributed by atoms with Crippen molar-refractivity contribution in [3.63, 3.8) is 0 Å². The number of carbonyl (C=O) groups excluding carboxylic acids is 1. The first-order chi connectivity index (χ1) is 6.20. The Morgan fingerprint density at radius 2 is 2.00 bits per heavy atom. The van der Waals surface area contributed by atoms with Crippen molar-refractivity contribution in [2.24, 2.45) is 5.92 Å². The molecule has 0 amide bonds. The number of hydrogen-bond acceptors (Lipinski definition) is 1. The van der Waals surface area contributed by atoms with Crippen LogP contribution in [0.4, 0.5) is 0 Å². The molecule has 0 aliphatic rings. The topological polar surface area (TPSA) is 17.1 Å². The summed E-state index contributed by atoms with van der Waals surface area (Å²) in [5.41, 5.74) is 1.26. The van der Waals surface area contributed by atoms with Gasteiger partial charge in [-0.25, -0.2) is 0 Å². The molecule has 0 aliphatic carbocycles. The molecule has 70 valence electrons. The zero-order chi connectivity index (χ0) is 9.68. The van der Waals surface area contributed by atoms with E-state index < -0.39 is 0 Å². The first-order valence-electron chi connectivity index (χ1n) is 4.43. The molecule has 0 saturated carbocycles. The highest BCUT2D eigenvalue weighted by Crippen LogP contribution is 2.11. The van der Waals surface area contributed by atoms with Gasteiger partial charge in [-0.1, -0.05) is 37.3 Å². The zero-order valence-corrected chi connectivity index (χ0v) is 8.42. The van der Waals surface area contributed by atoms with Crippen molar-refractivity contribution < 1.29 is 4.79 Å². The van der Waals surface area contributed by atoms with Crippen LogP contribution in [0.3, 0.4) is 0 Å². The van der Waals surface area contributed by atoms with Gasteiger partial charge in [0.1, 0.15) is 0 Å². The lowest BCUT2D eigenvalue weighted by Gasteiger charge is -2.05. The van der Waals surface area contributed by atoms with E-state index in [1.807, 2.05) is 25.1 Å². The Bertz CT molecular complexity index is 269. The quantitative estimate of drug-likeness (QED) is 0.677. The second-order valence-corrected chi connectivity index (χ2v) is 3.60. The van der Waals surface area contributed by atoms with E-state index in [2.05, 4.69) is 12.1 Å². The molecule has 13 heavy (non-hydrogen) atoms. The van der Waals surface area contributed by atoms with Gasteiger partial charge in [0.05, 0.1) is 0 Å². The summed E-state index contributed by atoms with van der Waals surface area (Å²) in [6, 6.07) is 10.1. The van der Waals surface area contributed by atoms with Crippen LogP contribution in [0.2, 0.25) is 0 Å². The van der Waals surface area contributed by atoms with Crippen molar-refractivity contribution >= 4 is 16.8 Å². The van der Waals surface area contributed by atoms with E-state index in [1.54, 1.807) is 0 Å². The van der Waals surface area contributed by atoms with Gasteiger partial charge in [-0.05, 0) is 30.0 Å². The third kappa shape index (κ3) is 3.60. The lowest BCUT2D eigenvalue weighted by atomic mass is 10.0. The number of hydrogen-bond donors (Lipinski definition) is 0. The van der Waals surface area contributed by atoms with Crippen molar-refractivity contribution in [1.82, 2.24) is 0 Å². The van der Waals surface area contributed by atoms with E-state index in [-0.39, 0.29) is 11.2 Å². The van der Waals surface area contributed by atoms with Crippen LogP contribution in [0.25, 0.3) is 0 Å². The lowest BCUT2D eigenvalue weighted by Crippen LogP contribution is -2.04. The minimum Gasteiger partial charge on any atom is -0.281 e. The number of halogens is 1. The van der Waals surface area contributed by atoms with Gasteiger partial charge in [0, 0.05) is 5.92 Å². The van der Waals surface area contributed by atoms with Gasteiger partial charge in [-0.15, -0.1) is 0 Å². The molecule has 1 aromatic carbocycles. The second kappa shape index (κ2) is 5.03. The Morgan fingerprint density at radius 1 is 1.38 bits per heavy atom.